The Morgan fingerprint density at radius 2 is 1.70 bits per heavy atom. The summed E-state index contributed by atoms with van der Waals surface area (Å²) in [6.45, 7) is 7.41. The summed E-state index contributed by atoms with van der Waals surface area (Å²) >= 11 is 0. The van der Waals surface area contributed by atoms with E-state index in [4.69, 9.17) is 4.74 Å². The van der Waals surface area contributed by atoms with Crippen LogP contribution in [0.1, 0.15) is 78.6 Å². The number of ether oxygens (including phenoxy) is 1. The van der Waals surface area contributed by atoms with Crippen molar-refractivity contribution in [3.63, 3.8) is 0 Å². The van der Waals surface area contributed by atoms with Crippen molar-refractivity contribution >= 4 is 6.09 Å². The van der Waals surface area contributed by atoms with Gasteiger partial charge in [-0.25, -0.2) is 4.79 Å². The summed E-state index contributed by atoms with van der Waals surface area (Å²) in [7, 11) is 0. The summed E-state index contributed by atoms with van der Waals surface area (Å²) in [5, 5.41) is 3.82. The van der Waals surface area contributed by atoms with E-state index in [0.29, 0.717) is 17.5 Å². The molecule has 0 aromatic carbocycles. The molecule has 3 rings (SSSR count). The minimum atomic E-state index is -0.401. The molecule has 2 aliphatic carbocycles. The Labute approximate surface area is 141 Å². The predicted octanol–water partition coefficient (Wildman–Crippen LogP) is 4.09. The minimum Gasteiger partial charge on any atom is -0.444 e. The molecule has 0 radical (unpaired) electrons. The molecule has 1 saturated heterocycles. The molecule has 1 atom stereocenters. The number of carbonyl (C=O) groups is 1. The summed E-state index contributed by atoms with van der Waals surface area (Å²) in [5.41, 5.74) is 0.304. The van der Waals surface area contributed by atoms with E-state index in [1.807, 2.05) is 25.7 Å². The first-order valence-corrected chi connectivity index (χ1v) is 9.59. The second-order valence-electron chi connectivity index (χ2n) is 9.06. The maximum Gasteiger partial charge on any atom is 0.410 e. The minimum absolute atomic E-state index is 0.157. The van der Waals surface area contributed by atoms with Gasteiger partial charge in [-0.05, 0) is 71.1 Å². The molecule has 1 amide bonds. The van der Waals surface area contributed by atoms with Gasteiger partial charge in [-0.1, -0.05) is 12.8 Å². The molecule has 23 heavy (non-hydrogen) atoms. The third kappa shape index (κ3) is 4.40. The van der Waals surface area contributed by atoms with E-state index in [2.05, 4.69) is 5.32 Å². The van der Waals surface area contributed by atoms with Crippen molar-refractivity contribution in [2.75, 3.05) is 13.1 Å². The monoisotopic (exact) mass is 322 g/mol. The second kappa shape index (κ2) is 6.62. The van der Waals surface area contributed by atoms with E-state index in [1.165, 1.54) is 51.4 Å². The van der Waals surface area contributed by atoms with Crippen LogP contribution in [0.2, 0.25) is 0 Å². The standard InChI is InChI=1S/C19H34N2O2/c1-18(2,3)23-17(22)21-13-8-16(14-21)20-15-6-11-19(12-7-15)9-4-5-10-19/h15-16,20H,4-14H2,1-3H3. The fourth-order valence-corrected chi connectivity index (χ4v) is 4.74. The molecule has 2 saturated carbocycles. The SMILES string of the molecule is CC(C)(C)OC(=O)N1CCC(NC2CCC3(CCCC3)CC2)C1. The van der Waals surface area contributed by atoms with Crippen LogP contribution in [0.3, 0.4) is 0 Å². The average molecular weight is 322 g/mol. The van der Waals surface area contributed by atoms with E-state index in [0.717, 1.165) is 19.5 Å². The fourth-order valence-electron chi connectivity index (χ4n) is 4.74. The van der Waals surface area contributed by atoms with Crippen molar-refractivity contribution in [2.45, 2.75) is 96.2 Å². The highest BCUT2D eigenvalue weighted by Gasteiger charge is 2.38. The van der Waals surface area contributed by atoms with Crippen LogP contribution in [0.15, 0.2) is 0 Å². The number of nitrogens with one attached hydrogen (secondary N) is 1. The Balaban J connectivity index is 1.41. The van der Waals surface area contributed by atoms with Gasteiger partial charge in [-0.3, -0.25) is 0 Å². The van der Waals surface area contributed by atoms with Gasteiger partial charge in [0.2, 0.25) is 0 Å². The zero-order valence-electron chi connectivity index (χ0n) is 15.2. The highest BCUT2D eigenvalue weighted by Crippen LogP contribution is 2.48. The largest absolute Gasteiger partial charge is 0.444 e. The molecule has 4 heteroatoms. The van der Waals surface area contributed by atoms with Crippen molar-refractivity contribution in [1.29, 1.82) is 0 Å². The van der Waals surface area contributed by atoms with Crippen molar-refractivity contribution in [3.05, 3.63) is 0 Å². The number of likely N-dealkylation sites (tertiary alicyclic amines) is 1. The number of hydrogen-bond donors (Lipinski definition) is 1. The number of nitrogens with zero attached hydrogens (tertiary/aromatic N) is 1. The summed E-state index contributed by atoms with van der Waals surface area (Å²) in [4.78, 5) is 14.0. The smallest absolute Gasteiger partial charge is 0.410 e. The Hall–Kier alpha value is -0.770. The Bertz CT molecular complexity index is 414. The molecule has 1 unspecified atom stereocenters. The van der Waals surface area contributed by atoms with E-state index in [-0.39, 0.29) is 6.09 Å². The first-order valence-electron chi connectivity index (χ1n) is 9.59. The Kier molecular flexibility index (Phi) is 4.91. The van der Waals surface area contributed by atoms with Crippen LogP contribution in [0.5, 0.6) is 0 Å². The number of carbonyl (C=O) groups excluding carboxylic acids is 1. The maximum atomic E-state index is 12.1. The summed E-state index contributed by atoms with van der Waals surface area (Å²) in [6, 6.07) is 1.11. The molecule has 0 bridgehead atoms. The molecule has 132 valence electrons. The van der Waals surface area contributed by atoms with Crippen LogP contribution < -0.4 is 5.32 Å². The van der Waals surface area contributed by atoms with Gasteiger partial charge in [-0.2, -0.15) is 0 Å². The van der Waals surface area contributed by atoms with E-state index in [1.54, 1.807) is 0 Å². The van der Waals surface area contributed by atoms with Gasteiger partial charge in [0.05, 0.1) is 0 Å². The van der Waals surface area contributed by atoms with Gasteiger partial charge >= 0.3 is 6.09 Å². The first kappa shape index (κ1) is 17.1. The van der Waals surface area contributed by atoms with Crippen molar-refractivity contribution in [1.82, 2.24) is 10.2 Å². The molecule has 0 aromatic heterocycles. The summed E-state index contributed by atoms with van der Waals surface area (Å²) in [5.74, 6) is 0. The molecule has 1 aliphatic heterocycles. The first-order chi connectivity index (χ1) is 10.9. The lowest BCUT2D eigenvalue weighted by atomic mass is 9.71. The third-order valence-corrected chi connectivity index (χ3v) is 6.02. The predicted molar refractivity (Wildman–Crippen MR) is 92.5 cm³/mol. The molecule has 1 heterocycles. The Morgan fingerprint density at radius 3 is 2.30 bits per heavy atom. The van der Waals surface area contributed by atoms with Gasteiger partial charge in [0.25, 0.3) is 0 Å². The van der Waals surface area contributed by atoms with Crippen LogP contribution in [-0.2, 0) is 4.74 Å². The molecular weight excluding hydrogens is 288 g/mol. The lowest BCUT2D eigenvalue weighted by molar-refractivity contribution is 0.0289. The highest BCUT2D eigenvalue weighted by atomic mass is 16.6. The van der Waals surface area contributed by atoms with Crippen LogP contribution >= 0.6 is 0 Å². The third-order valence-electron chi connectivity index (χ3n) is 6.02. The zero-order chi connectivity index (χ0) is 16.5. The van der Waals surface area contributed by atoms with Crippen LogP contribution in [-0.4, -0.2) is 41.8 Å². The molecule has 1 N–H and O–H groups in total. The molecule has 0 aromatic rings. The van der Waals surface area contributed by atoms with Gasteiger partial charge < -0.3 is 15.0 Å². The number of rotatable bonds is 2. The van der Waals surface area contributed by atoms with Crippen LogP contribution in [0, 0.1) is 5.41 Å². The second-order valence-corrected chi connectivity index (χ2v) is 9.06. The van der Waals surface area contributed by atoms with Gasteiger partial charge in [0.1, 0.15) is 5.60 Å². The molecular formula is C19H34N2O2. The van der Waals surface area contributed by atoms with Crippen LogP contribution in [0.25, 0.3) is 0 Å². The van der Waals surface area contributed by atoms with E-state index >= 15 is 0 Å². The lowest BCUT2D eigenvalue weighted by Crippen LogP contribution is -2.44. The zero-order valence-corrected chi connectivity index (χ0v) is 15.2. The maximum absolute atomic E-state index is 12.1. The molecule has 4 nitrogen and oxygen atoms in total. The summed E-state index contributed by atoms with van der Waals surface area (Å²) in [6.07, 6.45) is 12.2. The lowest BCUT2D eigenvalue weighted by Gasteiger charge is -2.38. The van der Waals surface area contributed by atoms with Gasteiger partial charge in [0.15, 0.2) is 0 Å². The van der Waals surface area contributed by atoms with Crippen molar-refractivity contribution in [3.8, 4) is 0 Å². The van der Waals surface area contributed by atoms with Crippen LogP contribution in [0.4, 0.5) is 4.79 Å². The van der Waals surface area contributed by atoms with E-state index in [9.17, 15) is 4.79 Å². The summed E-state index contributed by atoms with van der Waals surface area (Å²) < 4.78 is 5.48. The highest BCUT2D eigenvalue weighted by molar-refractivity contribution is 5.68. The molecule has 3 fully saturated rings. The molecule has 3 aliphatic rings. The average Bonchev–Trinajstić information content (AvgIpc) is 3.10. The van der Waals surface area contributed by atoms with Crippen molar-refractivity contribution < 1.29 is 9.53 Å². The fraction of sp³-hybridized carbons (Fsp3) is 0.947. The molecule has 1 spiro atoms. The van der Waals surface area contributed by atoms with Gasteiger partial charge in [-0.15, -0.1) is 0 Å². The number of amides is 1. The quantitative estimate of drug-likeness (QED) is 0.832. The normalized spacial score (nSPS) is 28.5. The Morgan fingerprint density at radius 1 is 1.04 bits per heavy atom. The van der Waals surface area contributed by atoms with Crippen molar-refractivity contribution in [2.24, 2.45) is 5.41 Å². The number of hydrogen-bond acceptors (Lipinski definition) is 3. The topological polar surface area (TPSA) is 41.6 Å². The van der Waals surface area contributed by atoms with E-state index < -0.39 is 5.60 Å². The van der Waals surface area contributed by atoms with Gasteiger partial charge in [0, 0.05) is 25.2 Å².